The summed E-state index contributed by atoms with van der Waals surface area (Å²) in [6.07, 6.45) is 0. The number of amides is 1. The van der Waals surface area contributed by atoms with E-state index < -0.39 is 10.0 Å². The molecule has 0 saturated heterocycles. The van der Waals surface area contributed by atoms with Crippen LogP contribution in [-0.2, 0) is 10.0 Å². The number of rotatable bonds is 9. The number of hydrogen-bond donors (Lipinski definition) is 1. The first-order chi connectivity index (χ1) is 17.6. The SMILES string of the molecule is Cc1nc2cc(NC(=O)c3ccc(S(=O)(=O)N(CC(C)C)CC(C)C)cc3)ccc2n1-c1ccccc1. The van der Waals surface area contributed by atoms with Crippen molar-refractivity contribution in [3.05, 3.63) is 84.2 Å². The van der Waals surface area contributed by atoms with Crippen LogP contribution in [0.5, 0.6) is 0 Å². The van der Waals surface area contributed by atoms with E-state index in [-0.39, 0.29) is 22.6 Å². The highest BCUT2D eigenvalue weighted by Gasteiger charge is 2.26. The van der Waals surface area contributed by atoms with Crippen LogP contribution in [0.15, 0.2) is 77.7 Å². The number of benzene rings is 3. The Morgan fingerprint density at radius 1 is 0.919 bits per heavy atom. The number of carbonyl (C=O) groups is 1. The van der Waals surface area contributed by atoms with Gasteiger partial charge in [0.25, 0.3) is 5.91 Å². The molecule has 1 N–H and O–H groups in total. The smallest absolute Gasteiger partial charge is 0.255 e. The molecule has 0 fully saturated rings. The van der Waals surface area contributed by atoms with E-state index in [1.54, 1.807) is 12.1 Å². The molecule has 194 valence electrons. The predicted molar refractivity (Wildman–Crippen MR) is 149 cm³/mol. The van der Waals surface area contributed by atoms with Crippen molar-refractivity contribution in [1.82, 2.24) is 13.9 Å². The van der Waals surface area contributed by atoms with Crippen LogP contribution in [0.1, 0.15) is 43.9 Å². The zero-order valence-electron chi connectivity index (χ0n) is 22.0. The number of anilines is 1. The minimum absolute atomic E-state index is 0.189. The molecule has 0 bridgehead atoms. The van der Waals surface area contributed by atoms with Gasteiger partial charge in [-0.15, -0.1) is 0 Å². The number of nitrogens with one attached hydrogen (secondary N) is 1. The molecule has 0 aliphatic heterocycles. The molecule has 1 heterocycles. The van der Waals surface area contributed by atoms with Gasteiger partial charge in [0, 0.05) is 30.0 Å². The van der Waals surface area contributed by atoms with E-state index in [2.05, 4.69) is 14.9 Å². The Kier molecular flexibility index (Phi) is 7.80. The lowest BCUT2D eigenvalue weighted by Gasteiger charge is -2.25. The zero-order valence-corrected chi connectivity index (χ0v) is 22.8. The Bertz CT molecular complexity index is 1480. The predicted octanol–water partition coefficient (Wildman–Crippen LogP) is 5.89. The Morgan fingerprint density at radius 3 is 2.14 bits per heavy atom. The molecule has 0 aliphatic rings. The van der Waals surface area contributed by atoms with Crippen molar-refractivity contribution in [3.8, 4) is 5.69 Å². The van der Waals surface area contributed by atoms with Gasteiger partial charge in [0.05, 0.1) is 15.9 Å². The Morgan fingerprint density at radius 2 is 1.54 bits per heavy atom. The summed E-state index contributed by atoms with van der Waals surface area (Å²) in [6, 6.07) is 21.7. The van der Waals surface area contributed by atoms with Crippen LogP contribution in [0.3, 0.4) is 0 Å². The second-order valence-corrected chi connectivity index (χ2v) is 12.1. The molecular formula is C29H34N4O3S. The number of para-hydroxylation sites is 1. The molecule has 4 aromatic rings. The fourth-order valence-corrected chi connectivity index (χ4v) is 6.16. The van der Waals surface area contributed by atoms with E-state index in [9.17, 15) is 13.2 Å². The summed E-state index contributed by atoms with van der Waals surface area (Å²) in [6.45, 7) is 10.9. The monoisotopic (exact) mass is 518 g/mol. The number of hydrogen-bond acceptors (Lipinski definition) is 4. The molecule has 0 spiro atoms. The highest BCUT2D eigenvalue weighted by atomic mass is 32.2. The summed E-state index contributed by atoms with van der Waals surface area (Å²) < 4.78 is 30.1. The first-order valence-corrected chi connectivity index (χ1v) is 14.0. The fraction of sp³-hybridized carbons (Fsp3) is 0.310. The fourth-order valence-electron chi connectivity index (χ4n) is 4.40. The number of nitrogens with zero attached hydrogens (tertiary/aromatic N) is 3. The van der Waals surface area contributed by atoms with Gasteiger partial charge in [-0.05, 0) is 73.4 Å². The van der Waals surface area contributed by atoms with Crippen molar-refractivity contribution in [3.63, 3.8) is 0 Å². The summed E-state index contributed by atoms with van der Waals surface area (Å²) in [5.74, 6) is 0.951. The quantitative estimate of drug-likeness (QED) is 0.299. The van der Waals surface area contributed by atoms with E-state index in [0.717, 1.165) is 22.5 Å². The number of fused-ring (bicyclic) bond motifs is 1. The summed E-state index contributed by atoms with van der Waals surface area (Å²) in [5.41, 5.74) is 3.74. The molecule has 8 heteroatoms. The van der Waals surface area contributed by atoms with Crippen molar-refractivity contribution < 1.29 is 13.2 Å². The first-order valence-electron chi connectivity index (χ1n) is 12.5. The van der Waals surface area contributed by atoms with Gasteiger partial charge in [0.15, 0.2) is 0 Å². The molecule has 0 unspecified atom stereocenters. The molecule has 4 rings (SSSR count). The van der Waals surface area contributed by atoms with Gasteiger partial charge in [-0.1, -0.05) is 45.9 Å². The molecule has 0 atom stereocenters. The van der Waals surface area contributed by atoms with Gasteiger partial charge in [-0.25, -0.2) is 13.4 Å². The minimum Gasteiger partial charge on any atom is -0.322 e. The normalized spacial score (nSPS) is 12.1. The summed E-state index contributed by atoms with van der Waals surface area (Å²) in [5, 5.41) is 2.90. The standard InChI is InChI=1S/C29H34N4O3S/c1-20(2)18-32(19-21(3)4)37(35,36)26-14-11-23(12-15-26)29(34)31-24-13-16-28-27(17-24)30-22(5)33(28)25-9-7-6-8-10-25/h6-17,20-21H,18-19H2,1-5H3,(H,31,34). The lowest BCUT2D eigenvalue weighted by molar-refractivity contribution is 0.102. The zero-order chi connectivity index (χ0) is 26.7. The van der Waals surface area contributed by atoms with Crippen LogP contribution in [-0.4, -0.2) is 41.3 Å². The molecule has 0 radical (unpaired) electrons. The minimum atomic E-state index is -3.65. The number of sulfonamides is 1. The molecule has 0 aliphatic carbocycles. The molecule has 37 heavy (non-hydrogen) atoms. The van der Waals surface area contributed by atoms with Crippen molar-refractivity contribution in [2.75, 3.05) is 18.4 Å². The van der Waals surface area contributed by atoms with Crippen LogP contribution in [0.2, 0.25) is 0 Å². The van der Waals surface area contributed by atoms with Gasteiger partial charge in [0.2, 0.25) is 10.0 Å². The van der Waals surface area contributed by atoms with E-state index in [0.29, 0.717) is 24.3 Å². The highest BCUT2D eigenvalue weighted by Crippen LogP contribution is 2.25. The third-order valence-corrected chi connectivity index (χ3v) is 7.83. The molecule has 1 amide bonds. The summed E-state index contributed by atoms with van der Waals surface area (Å²) in [7, 11) is -3.65. The van der Waals surface area contributed by atoms with Crippen molar-refractivity contribution >= 4 is 32.7 Å². The number of aryl methyl sites for hydroxylation is 1. The molecule has 1 aromatic heterocycles. The maximum atomic E-state index is 13.2. The van der Waals surface area contributed by atoms with Crippen LogP contribution in [0.25, 0.3) is 16.7 Å². The van der Waals surface area contributed by atoms with Crippen LogP contribution in [0.4, 0.5) is 5.69 Å². The average Bonchev–Trinajstić information content (AvgIpc) is 3.18. The first kappa shape index (κ1) is 26.6. The summed E-state index contributed by atoms with van der Waals surface area (Å²) in [4.78, 5) is 17.8. The maximum absolute atomic E-state index is 13.2. The second-order valence-electron chi connectivity index (χ2n) is 10.1. The van der Waals surface area contributed by atoms with Crippen molar-refractivity contribution in [1.29, 1.82) is 0 Å². The Balaban J connectivity index is 1.53. The largest absolute Gasteiger partial charge is 0.322 e. The lowest BCUT2D eigenvalue weighted by atomic mass is 10.2. The molecule has 7 nitrogen and oxygen atoms in total. The van der Waals surface area contributed by atoms with E-state index in [1.807, 2.05) is 83.1 Å². The Labute approximate surface area is 219 Å². The molecule has 3 aromatic carbocycles. The van der Waals surface area contributed by atoms with E-state index in [4.69, 9.17) is 0 Å². The van der Waals surface area contributed by atoms with Crippen molar-refractivity contribution in [2.24, 2.45) is 11.8 Å². The number of carbonyl (C=O) groups excluding carboxylic acids is 1. The topological polar surface area (TPSA) is 84.3 Å². The summed E-state index contributed by atoms with van der Waals surface area (Å²) >= 11 is 0. The lowest BCUT2D eigenvalue weighted by Crippen LogP contribution is -2.37. The van der Waals surface area contributed by atoms with E-state index in [1.165, 1.54) is 16.4 Å². The van der Waals surface area contributed by atoms with Gasteiger partial charge in [-0.3, -0.25) is 9.36 Å². The number of imidazole rings is 1. The van der Waals surface area contributed by atoms with Crippen LogP contribution in [0, 0.1) is 18.8 Å². The molecular weight excluding hydrogens is 484 g/mol. The third-order valence-electron chi connectivity index (χ3n) is 5.99. The number of aromatic nitrogens is 2. The highest BCUT2D eigenvalue weighted by molar-refractivity contribution is 7.89. The molecule has 0 saturated carbocycles. The van der Waals surface area contributed by atoms with Gasteiger partial charge < -0.3 is 5.32 Å². The second kappa shape index (κ2) is 10.9. The van der Waals surface area contributed by atoms with E-state index >= 15 is 0 Å². The van der Waals surface area contributed by atoms with Crippen LogP contribution >= 0.6 is 0 Å². The van der Waals surface area contributed by atoms with Crippen molar-refractivity contribution in [2.45, 2.75) is 39.5 Å². The third kappa shape index (κ3) is 5.92. The van der Waals surface area contributed by atoms with Crippen LogP contribution < -0.4 is 5.32 Å². The van der Waals surface area contributed by atoms with Gasteiger partial charge in [0.1, 0.15) is 5.82 Å². The van der Waals surface area contributed by atoms with Gasteiger partial charge in [-0.2, -0.15) is 4.31 Å². The maximum Gasteiger partial charge on any atom is 0.255 e. The Hall–Kier alpha value is -3.49. The average molecular weight is 519 g/mol. The van der Waals surface area contributed by atoms with Gasteiger partial charge >= 0.3 is 0 Å².